The fourth-order valence-electron chi connectivity index (χ4n) is 1.81. The van der Waals surface area contributed by atoms with Crippen molar-refractivity contribution >= 4 is 5.97 Å². The summed E-state index contributed by atoms with van der Waals surface area (Å²) in [6, 6.07) is 2.23. The molecule has 0 aliphatic carbocycles. The predicted molar refractivity (Wildman–Crippen MR) is 50.6 cm³/mol. The summed E-state index contributed by atoms with van der Waals surface area (Å²) in [5.41, 5.74) is 0. The molecule has 1 rings (SSSR count). The third-order valence-corrected chi connectivity index (χ3v) is 2.58. The van der Waals surface area contributed by atoms with Crippen LogP contribution in [-0.2, 0) is 4.79 Å². The van der Waals surface area contributed by atoms with Gasteiger partial charge in [0.25, 0.3) is 0 Å². The van der Waals surface area contributed by atoms with Gasteiger partial charge in [0.05, 0.1) is 18.5 Å². The number of nitriles is 1. The number of hydrogen-bond acceptors (Lipinski definition) is 4. The summed E-state index contributed by atoms with van der Waals surface area (Å²) in [5.74, 6) is -1.12. The average Bonchev–Trinajstić information content (AvgIpc) is 2.17. The van der Waals surface area contributed by atoms with Crippen LogP contribution in [0, 0.1) is 17.2 Å². The van der Waals surface area contributed by atoms with E-state index in [0.717, 1.165) is 6.54 Å². The minimum absolute atomic E-state index is 0.179. The first kappa shape index (κ1) is 11.0. The molecule has 0 bridgehead atoms. The maximum Gasteiger partial charge on any atom is 0.307 e. The summed E-state index contributed by atoms with van der Waals surface area (Å²) in [6.07, 6.45) is 0.647. The molecule has 0 amide bonds. The van der Waals surface area contributed by atoms with Crippen LogP contribution in [-0.4, -0.2) is 48.7 Å². The van der Waals surface area contributed by atoms with Gasteiger partial charge in [-0.1, -0.05) is 0 Å². The number of piperidine rings is 1. The highest BCUT2D eigenvalue weighted by Gasteiger charge is 2.30. The number of carbonyl (C=O) groups is 1. The predicted octanol–water partition coefficient (Wildman–Crippen LogP) is -0.496. The Kier molecular flexibility index (Phi) is 3.86. The van der Waals surface area contributed by atoms with E-state index in [1.807, 2.05) is 18.0 Å². The molecule has 2 atom stereocenters. The first-order valence-electron chi connectivity index (χ1n) is 4.66. The number of nitrogens with one attached hydrogen (secondary N) is 1. The fourth-order valence-corrected chi connectivity index (χ4v) is 1.81. The molecule has 1 saturated heterocycles. The molecule has 78 valence electrons. The Bertz CT molecular complexity index is 249. The molecule has 2 unspecified atom stereocenters. The lowest BCUT2D eigenvalue weighted by molar-refractivity contribution is -0.143. The van der Waals surface area contributed by atoms with Crippen LogP contribution >= 0.6 is 0 Å². The van der Waals surface area contributed by atoms with Gasteiger partial charge in [-0.2, -0.15) is 5.26 Å². The second kappa shape index (κ2) is 4.94. The van der Waals surface area contributed by atoms with Gasteiger partial charge in [-0.25, -0.2) is 0 Å². The van der Waals surface area contributed by atoms with Crippen molar-refractivity contribution in [1.29, 1.82) is 5.26 Å². The van der Waals surface area contributed by atoms with Crippen LogP contribution in [0.5, 0.6) is 0 Å². The van der Waals surface area contributed by atoms with Crippen molar-refractivity contribution in [3.8, 4) is 6.07 Å². The highest BCUT2D eigenvalue weighted by Crippen LogP contribution is 2.16. The van der Waals surface area contributed by atoms with E-state index in [9.17, 15) is 4.79 Å². The number of hydrogen-bond donors (Lipinski definition) is 2. The molecule has 1 fully saturated rings. The van der Waals surface area contributed by atoms with E-state index in [1.54, 1.807) is 0 Å². The van der Waals surface area contributed by atoms with Crippen LogP contribution in [0.3, 0.4) is 0 Å². The van der Waals surface area contributed by atoms with Crippen molar-refractivity contribution in [3.63, 3.8) is 0 Å². The largest absolute Gasteiger partial charge is 0.481 e. The third-order valence-electron chi connectivity index (χ3n) is 2.58. The van der Waals surface area contributed by atoms with E-state index in [4.69, 9.17) is 10.4 Å². The Balaban J connectivity index is 2.57. The Labute approximate surface area is 83.3 Å². The smallest absolute Gasteiger partial charge is 0.307 e. The molecule has 14 heavy (non-hydrogen) atoms. The summed E-state index contributed by atoms with van der Waals surface area (Å²) < 4.78 is 0. The van der Waals surface area contributed by atoms with Crippen LogP contribution < -0.4 is 5.32 Å². The lowest BCUT2D eigenvalue weighted by Gasteiger charge is -2.34. The Morgan fingerprint density at radius 2 is 2.43 bits per heavy atom. The van der Waals surface area contributed by atoms with Crippen molar-refractivity contribution in [2.24, 2.45) is 5.92 Å². The molecule has 1 aliphatic rings. The van der Waals surface area contributed by atoms with Gasteiger partial charge in [-0.05, 0) is 13.5 Å². The number of rotatable bonds is 3. The van der Waals surface area contributed by atoms with Crippen LogP contribution in [0.2, 0.25) is 0 Å². The monoisotopic (exact) mass is 197 g/mol. The molecule has 0 spiro atoms. The van der Waals surface area contributed by atoms with Crippen LogP contribution in [0.1, 0.15) is 6.42 Å². The van der Waals surface area contributed by atoms with Gasteiger partial charge in [0.1, 0.15) is 0 Å². The van der Waals surface area contributed by atoms with E-state index >= 15 is 0 Å². The molecule has 5 nitrogen and oxygen atoms in total. The first-order chi connectivity index (χ1) is 6.67. The molecule has 0 saturated carbocycles. The quantitative estimate of drug-likeness (QED) is 0.597. The van der Waals surface area contributed by atoms with Crippen molar-refractivity contribution in [2.75, 3.05) is 26.7 Å². The molecule has 1 heterocycles. The third kappa shape index (κ3) is 2.69. The summed E-state index contributed by atoms with van der Waals surface area (Å²) in [4.78, 5) is 12.7. The van der Waals surface area contributed by atoms with Crippen molar-refractivity contribution in [2.45, 2.75) is 12.5 Å². The van der Waals surface area contributed by atoms with E-state index in [0.29, 0.717) is 19.5 Å². The summed E-state index contributed by atoms with van der Waals surface area (Å²) >= 11 is 0. The minimum atomic E-state index is -0.770. The van der Waals surface area contributed by atoms with E-state index in [1.165, 1.54) is 0 Å². The van der Waals surface area contributed by atoms with Crippen LogP contribution in [0.4, 0.5) is 0 Å². The minimum Gasteiger partial charge on any atom is -0.481 e. The van der Waals surface area contributed by atoms with Crippen LogP contribution in [0.15, 0.2) is 0 Å². The highest BCUT2D eigenvalue weighted by atomic mass is 16.4. The molecular weight excluding hydrogens is 182 g/mol. The number of nitrogens with zero attached hydrogens (tertiary/aromatic N) is 2. The van der Waals surface area contributed by atoms with Crippen LogP contribution in [0.25, 0.3) is 0 Å². The van der Waals surface area contributed by atoms with Crippen molar-refractivity contribution in [1.82, 2.24) is 10.2 Å². The van der Waals surface area contributed by atoms with Gasteiger partial charge < -0.3 is 10.4 Å². The van der Waals surface area contributed by atoms with E-state index in [-0.39, 0.29) is 12.0 Å². The Morgan fingerprint density at radius 3 is 2.93 bits per heavy atom. The average molecular weight is 197 g/mol. The Hall–Kier alpha value is -1.12. The molecule has 0 aromatic rings. The maximum atomic E-state index is 10.8. The number of likely N-dealkylation sites (N-methyl/N-ethyl adjacent to an activating group) is 1. The van der Waals surface area contributed by atoms with E-state index in [2.05, 4.69) is 5.32 Å². The van der Waals surface area contributed by atoms with Gasteiger partial charge in [0.2, 0.25) is 0 Å². The van der Waals surface area contributed by atoms with Gasteiger partial charge in [-0.3, -0.25) is 9.69 Å². The number of aliphatic carboxylic acids is 1. The number of likely N-dealkylation sites (tertiary alicyclic amines) is 1. The SMILES string of the molecule is CNC1CC(C(=O)O)CN(CC#N)C1. The summed E-state index contributed by atoms with van der Waals surface area (Å²) in [6.45, 7) is 1.55. The molecule has 0 aromatic carbocycles. The van der Waals surface area contributed by atoms with Gasteiger partial charge in [0, 0.05) is 19.1 Å². The highest BCUT2D eigenvalue weighted by molar-refractivity contribution is 5.70. The lowest BCUT2D eigenvalue weighted by Crippen LogP contribution is -2.50. The molecular formula is C9H15N3O2. The van der Waals surface area contributed by atoms with E-state index < -0.39 is 5.97 Å². The van der Waals surface area contributed by atoms with Gasteiger partial charge in [0.15, 0.2) is 0 Å². The van der Waals surface area contributed by atoms with Gasteiger partial charge >= 0.3 is 5.97 Å². The fraction of sp³-hybridized carbons (Fsp3) is 0.778. The maximum absolute atomic E-state index is 10.8. The van der Waals surface area contributed by atoms with Gasteiger partial charge in [-0.15, -0.1) is 0 Å². The molecule has 0 aromatic heterocycles. The second-order valence-corrected chi connectivity index (χ2v) is 3.61. The van der Waals surface area contributed by atoms with Crippen molar-refractivity contribution < 1.29 is 9.90 Å². The second-order valence-electron chi connectivity index (χ2n) is 3.61. The zero-order valence-corrected chi connectivity index (χ0v) is 8.23. The Morgan fingerprint density at radius 1 is 1.71 bits per heavy atom. The lowest BCUT2D eigenvalue weighted by atomic mass is 9.94. The summed E-state index contributed by atoms with van der Waals surface area (Å²) in [5, 5.41) is 20.5. The first-order valence-corrected chi connectivity index (χ1v) is 4.66. The molecule has 2 N–H and O–H groups in total. The standard InChI is InChI=1S/C9H15N3O2/c1-11-8-4-7(9(13)14)5-12(6-8)3-2-10/h7-8,11H,3-6H2,1H3,(H,13,14). The molecule has 0 radical (unpaired) electrons. The number of carboxylic acids is 1. The normalized spacial score (nSPS) is 28.3. The summed E-state index contributed by atoms with van der Waals surface area (Å²) in [7, 11) is 1.82. The zero-order chi connectivity index (χ0) is 10.6. The molecule has 5 heteroatoms. The van der Waals surface area contributed by atoms with Crippen molar-refractivity contribution in [3.05, 3.63) is 0 Å². The zero-order valence-electron chi connectivity index (χ0n) is 8.23. The molecule has 1 aliphatic heterocycles. The number of carboxylic acid groups (broad SMARTS) is 1. The topological polar surface area (TPSA) is 76.4 Å².